The molecule has 0 bridgehead atoms. The minimum Gasteiger partial charge on any atom is -0.489 e. The average Bonchev–Trinajstić information content (AvgIpc) is 3.66. The van der Waals surface area contributed by atoms with Crippen LogP contribution >= 0.6 is 22.9 Å². The number of nitrogen functional groups attached to an aromatic ring is 1. The summed E-state index contributed by atoms with van der Waals surface area (Å²) in [6.07, 6.45) is 1.02. The number of anilines is 2. The van der Waals surface area contributed by atoms with Gasteiger partial charge in [-0.25, -0.2) is 13.2 Å². The Morgan fingerprint density at radius 3 is 2.85 bits per heavy atom. The molecule has 14 heteroatoms. The van der Waals surface area contributed by atoms with Crippen molar-refractivity contribution in [1.82, 2.24) is 14.9 Å². The number of thiophene rings is 1. The van der Waals surface area contributed by atoms with E-state index in [-0.39, 0.29) is 90.7 Å². The molecule has 0 aliphatic carbocycles. The Bertz CT molecular complexity index is 1990. The van der Waals surface area contributed by atoms with Crippen molar-refractivity contribution < 1.29 is 27.4 Å². The van der Waals surface area contributed by atoms with Gasteiger partial charge in [-0.2, -0.15) is 15.2 Å². The van der Waals surface area contributed by atoms with Gasteiger partial charge in [0, 0.05) is 30.5 Å². The van der Waals surface area contributed by atoms with Crippen molar-refractivity contribution in [3.63, 3.8) is 0 Å². The Labute approximate surface area is 278 Å². The van der Waals surface area contributed by atoms with Gasteiger partial charge in [0.15, 0.2) is 11.6 Å². The monoisotopic (exact) mass is 684 g/mol. The molecule has 4 aliphatic rings. The average molecular weight is 685 g/mol. The molecule has 6 heterocycles. The van der Waals surface area contributed by atoms with Gasteiger partial charge < -0.3 is 24.8 Å². The zero-order valence-corrected chi connectivity index (χ0v) is 27.4. The molecule has 2 aromatic carbocycles. The van der Waals surface area contributed by atoms with Gasteiger partial charge in [0.25, 0.3) is 0 Å². The second-order valence-corrected chi connectivity index (χ2v) is 14.7. The minimum atomic E-state index is -0.943. The lowest BCUT2D eigenvalue weighted by atomic mass is 9.95. The SMILES string of the molecule is CC(C)C1CN2c3nc(OC[C@@]45CCCN4C[C@H](F)C5)nc4c(F)c(-c5ccc(F)c6sc(N)c(C#N)c56)c(Cl)c(c34)OCC2CO1. The van der Waals surface area contributed by atoms with Gasteiger partial charge in [-0.1, -0.05) is 31.5 Å². The zero-order chi connectivity index (χ0) is 32.8. The van der Waals surface area contributed by atoms with E-state index in [1.54, 1.807) is 0 Å². The number of hydrogen-bond acceptors (Lipinski definition) is 10. The van der Waals surface area contributed by atoms with E-state index in [4.69, 9.17) is 36.5 Å². The lowest BCUT2D eigenvalue weighted by Gasteiger charge is -2.40. The third-order valence-corrected chi connectivity index (χ3v) is 11.5. The topological polar surface area (TPSA) is 110 Å². The van der Waals surface area contributed by atoms with E-state index in [1.807, 2.05) is 11.0 Å². The molecular weight excluding hydrogens is 653 g/mol. The van der Waals surface area contributed by atoms with Crippen molar-refractivity contribution in [3.8, 4) is 29.0 Å². The summed E-state index contributed by atoms with van der Waals surface area (Å²) in [6, 6.07) is 4.30. The van der Waals surface area contributed by atoms with Crippen LogP contribution in [-0.4, -0.2) is 78.2 Å². The predicted octanol–water partition coefficient (Wildman–Crippen LogP) is 6.47. The summed E-state index contributed by atoms with van der Waals surface area (Å²) in [7, 11) is 0. The van der Waals surface area contributed by atoms with Crippen LogP contribution < -0.4 is 20.1 Å². The van der Waals surface area contributed by atoms with E-state index in [0.717, 1.165) is 30.7 Å². The number of nitrogens with zero attached hydrogens (tertiary/aromatic N) is 5. The lowest BCUT2D eigenvalue weighted by Crippen LogP contribution is -2.53. The second kappa shape index (κ2) is 11.3. The maximum atomic E-state index is 17.2. The van der Waals surface area contributed by atoms with E-state index in [0.29, 0.717) is 31.9 Å². The number of morpholine rings is 1. The first-order chi connectivity index (χ1) is 22.6. The Morgan fingerprint density at radius 1 is 1.23 bits per heavy atom. The molecule has 4 aromatic rings. The molecule has 0 spiro atoms. The summed E-state index contributed by atoms with van der Waals surface area (Å²) in [4.78, 5) is 13.6. The summed E-state index contributed by atoms with van der Waals surface area (Å²) in [5.74, 6) is -0.614. The summed E-state index contributed by atoms with van der Waals surface area (Å²) in [6.45, 7) is 6.44. The predicted molar refractivity (Wildman–Crippen MR) is 174 cm³/mol. The van der Waals surface area contributed by atoms with Crippen molar-refractivity contribution in [3.05, 3.63) is 34.4 Å². The third kappa shape index (κ3) is 4.70. The fourth-order valence-electron chi connectivity index (χ4n) is 7.74. The highest BCUT2D eigenvalue weighted by molar-refractivity contribution is 7.23. The molecule has 4 atom stereocenters. The van der Waals surface area contributed by atoms with Crippen molar-refractivity contribution in [2.45, 2.75) is 57.0 Å². The maximum absolute atomic E-state index is 17.2. The van der Waals surface area contributed by atoms with Crippen molar-refractivity contribution >= 4 is 54.7 Å². The Kier molecular flexibility index (Phi) is 7.36. The zero-order valence-electron chi connectivity index (χ0n) is 25.8. The summed E-state index contributed by atoms with van der Waals surface area (Å²) in [5, 5.41) is 10.4. The standard InChI is InChI=1S/C33H32ClF3N6O3S/c1-15(2)21-11-43-17(12-44-21)13-45-28-24-27(40-32(41-31(24)43)46-14-33-6-3-7-42(33)10-16(35)8-33)26(37)23(25(28)34)18-4-5-20(36)29-22(18)19(9-38)30(39)47-29/h4-5,15-17,21H,3,6-8,10-14,39H2,1-2H3/t16-,17?,21?,33+/m1/s1. The van der Waals surface area contributed by atoms with Gasteiger partial charge in [-0.15, -0.1) is 11.3 Å². The van der Waals surface area contributed by atoms with Crippen LogP contribution in [0.15, 0.2) is 12.1 Å². The molecule has 246 valence electrons. The van der Waals surface area contributed by atoms with Gasteiger partial charge in [-0.3, -0.25) is 4.90 Å². The van der Waals surface area contributed by atoms with E-state index < -0.39 is 23.3 Å². The number of benzene rings is 2. The highest BCUT2D eigenvalue weighted by atomic mass is 35.5. The number of ether oxygens (including phenoxy) is 3. The fourth-order valence-corrected chi connectivity index (χ4v) is 9.02. The number of aromatic nitrogens is 2. The number of fused-ring (bicyclic) bond motifs is 4. The molecular formula is C33H32ClF3N6O3S. The molecule has 4 aliphatic heterocycles. The number of rotatable bonds is 5. The van der Waals surface area contributed by atoms with Crippen LogP contribution in [-0.2, 0) is 4.74 Å². The second-order valence-electron chi connectivity index (χ2n) is 13.2. The summed E-state index contributed by atoms with van der Waals surface area (Å²) < 4.78 is 65.6. The number of alkyl halides is 1. The fraction of sp³-hybridized carbons (Fsp3) is 0.485. The molecule has 0 saturated carbocycles. The van der Waals surface area contributed by atoms with Crippen LogP contribution in [0.5, 0.6) is 11.8 Å². The van der Waals surface area contributed by atoms with E-state index in [9.17, 15) is 14.0 Å². The van der Waals surface area contributed by atoms with Crippen LogP contribution in [0.3, 0.4) is 0 Å². The Balaban J connectivity index is 1.34. The molecule has 2 unspecified atom stereocenters. The number of nitriles is 1. The lowest BCUT2D eigenvalue weighted by molar-refractivity contribution is -0.0140. The number of halogens is 4. The molecule has 2 N–H and O–H groups in total. The molecule has 3 saturated heterocycles. The molecule has 8 rings (SSSR count). The first-order valence-corrected chi connectivity index (χ1v) is 17.0. The van der Waals surface area contributed by atoms with Gasteiger partial charge in [0.1, 0.15) is 47.6 Å². The van der Waals surface area contributed by atoms with Crippen LogP contribution in [0.4, 0.5) is 24.0 Å². The van der Waals surface area contributed by atoms with Crippen LogP contribution in [0.1, 0.15) is 38.7 Å². The molecule has 3 fully saturated rings. The Hall–Kier alpha value is -3.57. The minimum absolute atomic E-state index is 0.0337. The quantitative estimate of drug-likeness (QED) is 0.253. The van der Waals surface area contributed by atoms with E-state index in [1.165, 1.54) is 12.1 Å². The molecule has 2 aromatic heterocycles. The smallest absolute Gasteiger partial charge is 0.319 e. The van der Waals surface area contributed by atoms with Gasteiger partial charge >= 0.3 is 6.01 Å². The van der Waals surface area contributed by atoms with E-state index in [2.05, 4.69) is 23.7 Å². The molecule has 0 radical (unpaired) electrons. The number of nitrogens with two attached hydrogens (primary N) is 1. The normalized spacial score (nSPS) is 25.6. The molecule has 0 amide bonds. The van der Waals surface area contributed by atoms with Crippen LogP contribution in [0.25, 0.3) is 32.1 Å². The third-order valence-electron chi connectivity index (χ3n) is 10.1. The molecule has 47 heavy (non-hydrogen) atoms. The Morgan fingerprint density at radius 2 is 2.06 bits per heavy atom. The van der Waals surface area contributed by atoms with Gasteiger partial charge in [0.2, 0.25) is 0 Å². The highest BCUT2D eigenvalue weighted by Crippen LogP contribution is 2.51. The van der Waals surface area contributed by atoms with Crippen molar-refractivity contribution in [1.29, 1.82) is 5.26 Å². The van der Waals surface area contributed by atoms with E-state index >= 15 is 4.39 Å². The summed E-state index contributed by atoms with van der Waals surface area (Å²) >= 11 is 7.95. The van der Waals surface area contributed by atoms with Gasteiger partial charge in [0.05, 0.1) is 45.0 Å². The first-order valence-electron chi connectivity index (χ1n) is 15.8. The summed E-state index contributed by atoms with van der Waals surface area (Å²) in [5.41, 5.74) is 5.65. The first kappa shape index (κ1) is 30.7. The largest absolute Gasteiger partial charge is 0.489 e. The highest BCUT2D eigenvalue weighted by Gasteiger charge is 2.49. The van der Waals surface area contributed by atoms with Gasteiger partial charge in [-0.05, 0) is 36.9 Å². The van der Waals surface area contributed by atoms with Crippen molar-refractivity contribution in [2.24, 2.45) is 5.92 Å². The molecule has 9 nitrogen and oxygen atoms in total. The van der Waals surface area contributed by atoms with Crippen molar-refractivity contribution in [2.75, 3.05) is 50.1 Å². The van der Waals surface area contributed by atoms with Crippen LogP contribution in [0, 0.1) is 28.9 Å². The number of hydrogen-bond donors (Lipinski definition) is 1. The van der Waals surface area contributed by atoms with Crippen LogP contribution in [0.2, 0.25) is 5.02 Å². The maximum Gasteiger partial charge on any atom is 0.319 e.